The minimum absolute atomic E-state index is 0.0918. The Morgan fingerprint density at radius 1 is 1.22 bits per heavy atom. The maximum Gasteiger partial charge on any atom is 0.254 e. The molecule has 2 amide bonds. The van der Waals surface area contributed by atoms with Gasteiger partial charge in [-0.3, -0.25) is 14.3 Å². The number of thioether (sulfide) groups is 1. The van der Waals surface area contributed by atoms with Crippen LogP contribution in [0.4, 0.5) is 0 Å². The van der Waals surface area contributed by atoms with Gasteiger partial charge in [0, 0.05) is 43.7 Å². The van der Waals surface area contributed by atoms with Crippen molar-refractivity contribution in [3.05, 3.63) is 48.3 Å². The van der Waals surface area contributed by atoms with E-state index in [2.05, 4.69) is 22.5 Å². The molecule has 0 radical (unpaired) electrons. The third-order valence-electron chi connectivity index (χ3n) is 4.70. The summed E-state index contributed by atoms with van der Waals surface area (Å²) in [6, 6.07) is 10.4. The number of aromatic nitrogens is 2. The largest absolute Gasteiger partial charge is 0.349 e. The molecule has 0 aliphatic carbocycles. The lowest BCUT2D eigenvalue weighted by molar-refractivity contribution is -0.132. The fraction of sp³-hybridized carbons (Fsp3) is 0.450. The molecule has 3 rings (SSSR count). The molecule has 6 nitrogen and oxygen atoms in total. The van der Waals surface area contributed by atoms with Crippen LogP contribution >= 0.6 is 11.8 Å². The highest BCUT2D eigenvalue weighted by Gasteiger charge is 2.24. The number of rotatable bonds is 7. The third-order valence-corrected chi connectivity index (χ3v) is 5.80. The van der Waals surface area contributed by atoms with E-state index >= 15 is 0 Å². The van der Waals surface area contributed by atoms with Crippen LogP contribution in [0.3, 0.4) is 0 Å². The van der Waals surface area contributed by atoms with Crippen molar-refractivity contribution < 1.29 is 9.59 Å². The molecule has 0 unspecified atom stereocenters. The van der Waals surface area contributed by atoms with Crippen LogP contribution in [0, 0.1) is 0 Å². The average molecular weight is 387 g/mol. The van der Waals surface area contributed by atoms with Crippen LogP contribution in [0.5, 0.6) is 0 Å². The van der Waals surface area contributed by atoms with Crippen LogP contribution in [0.2, 0.25) is 0 Å². The molecule has 27 heavy (non-hydrogen) atoms. The quantitative estimate of drug-likeness (QED) is 0.587. The lowest BCUT2D eigenvalue weighted by atomic mass is 10.0. The fourth-order valence-electron chi connectivity index (χ4n) is 3.17. The normalized spacial score (nSPS) is 14.9. The second-order valence-electron chi connectivity index (χ2n) is 6.80. The van der Waals surface area contributed by atoms with Gasteiger partial charge in [-0.05, 0) is 37.1 Å². The molecule has 1 aromatic heterocycles. The van der Waals surface area contributed by atoms with Crippen LogP contribution in [-0.4, -0.2) is 51.4 Å². The number of amides is 2. The highest BCUT2D eigenvalue weighted by atomic mass is 32.2. The van der Waals surface area contributed by atoms with E-state index in [1.54, 1.807) is 35.9 Å². The molecular weight excluding hydrogens is 360 g/mol. The first-order valence-corrected chi connectivity index (χ1v) is 10.4. The molecule has 1 saturated heterocycles. The van der Waals surface area contributed by atoms with Crippen LogP contribution in [0.25, 0.3) is 0 Å². The monoisotopic (exact) mass is 386 g/mol. The second kappa shape index (κ2) is 9.60. The third kappa shape index (κ3) is 5.85. The van der Waals surface area contributed by atoms with E-state index in [4.69, 9.17) is 0 Å². The summed E-state index contributed by atoms with van der Waals surface area (Å²) in [5.41, 5.74) is 0.576. The number of piperidine rings is 1. The predicted molar refractivity (Wildman–Crippen MR) is 107 cm³/mol. The number of carbonyl (C=O) groups excluding carboxylic acids is 2. The van der Waals surface area contributed by atoms with Gasteiger partial charge in [-0.25, -0.2) is 0 Å². The van der Waals surface area contributed by atoms with Gasteiger partial charge in [-0.2, -0.15) is 5.10 Å². The van der Waals surface area contributed by atoms with E-state index in [0.29, 0.717) is 25.1 Å². The van der Waals surface area contributed by atoms with E-state index in [-0.39, 0.29) is 17.9 Å². The Balaban J connectivity index is 1.33. The highest BCUT2D eigenvalue weighted by Crippen LogP contribution is 2.19. The summed E-state index contributed by atoms with van der Waals surface area (Å²) in [6.07, 6.45) is 6.36. The second-order valence-corrected chi connectivity index (χ2v) is 7.96. The van der Waals surface area contributed by atoms with Crippen LogP contribution in [0.1, 0.15) is 36.0 Å². The number of likely N-dealkylation sites (tertiary alicyclic amines) is 1. The first-order valence-electron chi connectivity index (χ1n) is 9.37. The average Bonchev–Trinajstić information content (AvgIpc) is 3.13. The molecule has 2 heterocycles. The van der Waals surface area contributed by atoms with Gasteiger partial charge in [0.25, 0.3) is 5.91 Å². The number of benzene rings is 1. The molecule has 2 aromatic rings. The molecule has 0 spiro atoms. The van der Waals surface area contributed by atoms with E-state index < -0.39 is 0 Å². The fourth-order valence-corrected chi connectivity index (χ4v) is 4.04. The summed E-state index contributed by atoms with van der Waals surface area (Å²) in [6.45, 7) is 1.42. The minimum atomic E-state index is -0.0918. The van der Waals surface area contributed by atoms with Crippen LogP contribution in [0.15, 0.2) is 47.6 Å². The van der Waals surface area contributed by atoms with Crippen molar-refractivity contribution in [1.29, 1.82) is 0 Å². The van der Waals surface area contributed by atoms with Gasteiger partial charge in [0.1, 0.15) is 0 Å². The zero-order chi connectivity index (χ0) is 19.1. The summed E-state index contributed by atoms with van der Waals surface area (Å²) >= 11 is 1.79. The number of nitrogens with zero attached hydrogens (tertiary/aromatic N) is 3. The molecule has 144 valence electrons. The van der Waals surface area contributed by atoms with Crippen molar-refractivity contribution in [2.45, 2.75) is 36.6 Å². The molecule has 1 aromatic carbocycles. The summed E-state index contributed by atoms with van der Waals surface area (Å²) in [7, 11) is 1.79. The summed E-state index contributed by atoms with van der Waals surface area (Å²) < 4.78 is 1.62. The van der Waals surface area contributed by atoms with Gasteiger partial charge in [-0.15, -0.1) is 11.8 Å². The van der Waals surface area contributed by atoms with E-state index in [9.17, 15) is 9.59 Å². The first-order chi connectivity index (χ1) is 13.1. The number of nitrogens with one attached hydrogen (secondary N) is 1. The molecule has 0 atom stereocenters. The molecule has 0 bridgehead atoms. The lowest BCUT2D eigenvalue weighted by Gasteiger charge is -2.32. The van der Waals surface area contributed by atoms with Crippen molar-refractivity contribution >= 4 is 23.6 Å². The van der Waals surface area contributed by atoms with Crippen molar-refractivity contribution in [2.75, 3.05) is 18.8 Å². The molecule has 7 heteroatoms. The van der Waals surface area contributed by atoms with E-state index in [0.717, 1.165) is 25.0 Å². The maximum absolute atomic E-state index is 12.4. The highest BCUT2D eigenvalue weighted by molar-refractivity contribution is 7.99. The van der Waals surface area contributed by atoms with Gasteiger partial charge >= 0.3 is 0 Å². The molecular formula is C20H26N4O2S. The zero-order valence-corrected chi connectivity index (χ0v) is 16.5. The predicted octanol–water partition coefficient (Wildman–Crippen LogP) is 2.71. The van der Waals surface area contributed by atoms with Crippen molar-refractivity contribution in [2.24, 2.45) is 7.05 Å². The standard InChI is InChI=1S/C20H26N4O2S/c1-23-15-16(14-21-23)20(26)22-17-9-11-24(12-10-17)19(25)8-5-13-27-18-6-3-2-4-7-18/h2-4,6-7,14-15,17H,5,8-13H2,1H3,(H,22,26). The van der Waals surface area contributed by atoms with Gasteiger partial charge in [0.2, 0.25) is 5.91 Å². The molecule has 1 N–H and O–H groups in total. The van der Waals surface area contributed by atoms with Gasteiger partial charge in [-0.1, -0.05) is 18.2 Å². The SMILES string of the molecule is Cn1cc(C(=O)NC2CCN(C(=O)CCCSc3ccccc3)CC2)cn1. The Kier molecular flexibility index (Phi) is 6.92. The van der Waals surface area contributed by atoms with Gasteiger partial charge in [0.15, 0.2) is 0 Å². The Hall–Kier alpha value is -2.28. The van der Waals surface area contributed by atoms with E-state index in [1.165, 1.54) is 4.90 Å². The summed E-state index contributed by atoms with van der Waals surface area (Å²) in [4.78, 5) is 27.7. The molecule has 1 aliphatic heterocycles. The Labute approximate surface area is 164 Å². The lowest BCUT2D eigenvalue weighted by Crippen LogP contribution is -2.46. The Bertz CT molecular complexity index is 754. The maximum atomic E-state index is 12.4. The van der Waals surface area contributed by atoms with Gasteiger partial charge in [0.05, 0.1) is 11.8 Å². The molecule has 1 aliphatic rings. The van der Waals surface area contributed by atoms with E-state index in [1.807, 2.05) is 23.1 Å². The molecule has 1 fully saturated rings. The zero-order valence-electron chi connectivity index (χ0n) is 15.6. The van der Waals surface area contributed by atoms with Crippen molar-refractivity contribution in [3.8, 4) is 0 Å². The smallest absolute Gasteiger partial charge is 0.254 e. The van der Waals surface area contributed by atoms with Crippen molar-refractivity contribution in [3.63, 3.8) is 0 Å². The first kappa shape index (κ1) is 19.5. The Morgan fingerprint density at radius 2 is 1.96 bits per heavy atom. The van der Waals surface area contributed by atoms with Gasteiger partial charge < -0.3 is 10.2 Å². The van der Waals surface area contributed by atoms with Crippen LogP contribution in [-0.2, 0) is 11.8 Å². The number of aryl methyl sites for hydroxylation is 1. The summed E-state index contributed by atoms with van der Waals surface area (Å²) in [5, 5.41) is 7.07. The van der Waals surface area contributed by atoms with Crippen molar-refractivity contribution in [1.82, 2.24) is 20.0 Å². The topological polar surface area (TPSA) is 67.2 Å². The molecule has 0 saturated carbocycles. The number of hydrogen-bond acceptors (Lipinski definition) is 4. The Morgan fingerprint density at radius 3 is 2.63 bits per heavy atom. The van der Waals surface area contributed by atoms with Crippen LogP contribution < -0.4 is 5.32 Å². The number of carbonyl (C=O) groups is 2. The summed E-state index contributed by atoms with van der Waals surface area (Å²) in [5.74, 6) is 1.08. The number of hydrogen-bond donors (Lipinski definition) is 1. The minimum Gasteiger partial charge on any atom is -0.349 e.